The Kier molecular flexibility index (Phi) is 2.63. The van der Waals surface area contributed by atoms with E-state index in [9.17, 15) is 4.79 Å². The minimum absolute atomic E-state index is 0.155. The average molecular weight is 262 g/mol. The zero-order valence-electron chi connectivity index (χ0n) is 9.65. The molecule has 0 unspecified atom stereocenters. The van der Waals surface area contributed by atoms with E-state index in [0.29, 0.717) is 17.7 Å². The SMILES string of the molecule is Cn1nnc2c(=O)n(CCc3ccns3)cnc21. The lowest BCUT2D eigenvalue weighted by Gasteiger charge is -2.02. The molecule has 18 heavy (non-hydrogen) atoms. The summed E-state index contributed by atoms with van der Waals surface area (Å²) in [6.07, 6.45) is 4.06. The lowest BCUT2D eigenvalue weighted by Crippen LogP contribution is -2.21. The molecule has 3 heterocycles. The molecular weight excluding hydrogens is 252 g/mol. The van der Waals surface area contributed by atoms with Gasteiger partial charge in [-0.3, -0.25) is 9.36 Å². The lowest BCUT2D eigenvalue weighted by molar-refractivity contribution is 0.664. The molecule has 0 amide bonds. The van der Waals surface area contributed by atoms with Crippen molar-refractivity contribution in [1.29, 1.82) is 0 Å². The summed E-state index contributed by atoms with van der Waals surface area (Å²) >= 11 is 1.44. The maximum atomic E-state index is 12.1. The first-order valence-corrected chi connectivity index (χ1v) is 6.17. The summed E-state index contributed by atoms with van der Waals surface area (Å²) in [5, 5.41) is 7.62. The van der Waals surface area contributed by atoms with Crippen LogP contribution in [0.25, 0.3) is 11.2 Å². The number of nitrogens with zero attached hydrogens (tertiary/aromatic N) is 6. The van der Waals surface area contributed by atoms with Crippen LogP contribution in [0.15, 0.2) is 23.4 Å². The van der Waals surface area contributed by atoms with Gasteiger partial charge in [0.25, 0.3) is 5.56 Å². The van der Waals surface area contributed by atoms with E-state index in [-0.39, 0.29) is 5.56 Å². The molecule has 0 atom stereocenters. The normalized spacial score (nSPS) is 11.2. The smallest absolute Gasteiger partial charge is 0.283 e. The molecule has 3 rings (SSSR count). The van der Waals surface area contributed by atoms with Crippen LogP contribution in [0.5, 0.6) is 0 Å². The highest BCUT2D eigenvalue weighted by Gasteiger charge is 2.09. The number of aryl methyl sites for hydroxylation is 3. The van der Waals surface area contributed by atoms with E-state index < -0.39 is 0 Å². The maximum Gasteiger partial charge on any atom is 0.283 e. The molecule has 7 nitrogen and oxygen atoms in total. The van der Waals surface area contributed by atoms with Gasteiger partial charge in [0.1, 0.15) is 6.33 Å². The number of hydrogen-bond acceptors (Lipinski definition) is 6. The van der Waals surface area contributed by atoms with Crippen molar-refractivity contribution in [2.24, 2.45) is 7.05 Å². The second kappa shape index (κ2) is 4.30. The molecule has 3 aromatic heterocycles. The Morgan fingerprint density at radius 2 is 2.33 bits per heavy atom. The summed E-state index contributed by atoms with van der Waals surface area (Å²) in [5.74, 6) is 0. The Labute approximate surface area is 106 Å². The van der Waals surface area contributed by atoms with Crippen molar-refractivity contribution < 1.29 is 0 Å². The van der Waals surface area contributed by atoms with E-state index in [1.54, 1.807) is 17.8 Å². The van der Waals surface area contributed by atoms with E-state index in [0.717, 1.165) is 11.3 Å². The Bertz CT molecular complexity index is 728. The highest BCUT2D eigenvalue weighted by Crippen LogP contribution is 2.06. The standard InChI is InChI=1S/C10H10N6OS/c1-15-9-8(13-14-15)10(17)16(6-11-9)5-3-7-2-4-12-18-7/h2,4,6H,3,5H2,1H3. The third-order valence-corrected chi connectivity index (χ3v) is 3.47. The molecule has 0 saturated heterocycles. The largest absolute Gasteiger partial charge is 0.297 e. The third kappa shape index (κ3) is 1.80. The van der Waals surface area contributed by atoms with Crippen LogP contribution in [-0.2, 0) is 20.0 Å². The first-order valence-electron chi connectivity index (χ1n) is 5.40. The second-order valence-corrected chi connectivity index (χ2v) is 4.77. The molecule has 0 bridgehead atoms. The molecule has 0 aliphatic rings. The van der Waals surface area contributed by atoms with Gasteiger partial charge in [0.2, 0.25) is 0 Å². The predicted molar refractivity (Wildman–Crippen MR) is 66.4 cm³/mol. The van der Waals surface area contributed by atoms with Gasteiger partial charge in [-0.2, -0.15) is 0 Å². The molecule has 3 aromatic rings. The van der Waals surface area contributed by atoms with Crippen molar-refractivity contribution in [2.75, 3.05) is 0 Å². The topological polar surface area (TPSA) is 78.5 Å². The summed E-state index contributed by atoms with van der Waals surface area (Å²) in [6.45, 7) is 0.570. The van der Waals surface area contributed by atoms with Crippen LogP contribution < -0.4 is 5.56 Å². The van der Waals surface area contributed by atoms with E-state index in [4.69, 9.17) is 0 Å². The van der Waals surface area contributed by atoms with E-state index in [1.165, 1.54) is 22.5 Å². The van der Waals surface area contributed by atoms with Gasteiger partial charge in [0.05, 0.1) is 0 Å². The molecule has 0 aliphatic carbocycles. The fraction of sp³-hybridized carbons (Fsp3) is 0.300. The van der Waals surface area contributed by atoms with Gasteiger partial charge in [-0.25, -0.2) is 14.0 Å². The minimum Gasteiger partial charge on any atom is -0.297 e. The van der Waals surface area contributed by atoms with Crippen LogP contribution >= 0.6 is 11.5 Å². The monoisotopic (exact) mass is 262 g/mol. The van der Waals surface area contributed by atoms with Gasteiger partial charge in [0.15, 0.2) is 11.2 Å². The highest BCUT2D eigenvalue weighted by atomic mass is 32.1. The zero-order chi connectivity index (χ0) is 12.5. The summed E-state index contributed by atoms with van der Waals surface area (Å²) in [5.41, 5.74) is 0.663. The highest BCUT2D eigenvalue weighted by molar-refractivity contribution is 7.05. The van der Waals surface area contributed by atoms with Crippen LogP contribution in [0.3, 0.4) is 0 Å². The second-order valence-electron chi connectivity index (χ2n) is 3.86. The summed E-state index contributed by atoms with van der Waals surface area (Å²) in [6, 6.07) is 1.95. The van der Waals surface area contributed by atoms with Crippen LogP contribution in [0.2, 0.25) is 0 Å². The fourth-order valence-electron chi connectivity index (χ4n) is 1.71. The van der Waals surface area contributed by atoms with E-state index in [1.807, 2.05) is 6.07 Å². The summed E-state index contributed by atoms with van der Waals surface area (Å²) < 4.78 is 7.07. The molecule has 0 aromatic carbocycles. The van der Waals surface area contributed by atoms with Crippen LogP contribution in [0, 0.1) is 0 Å². The first kappa shape index (κ1) is 11.0. The van der Waals surface area contributed by atoms with Gasteiger partial charge in [-0.05, 0) is 17.6 Å². The Balaban J connectivity index is 1.93. The Hall–Kier alpha value is -2.09. The van der Waals surface area contributed by atoms with Crippen molar-refractivity contribution in [1.82, 2.24) is 28.9 Å². The quantitative estimate of drug-likeness (QED) is 0.675. The molecule has 0 fully saturated rings. The third-order valence-electron chi connectivity index (χ3n) is 2.67. The van der Waals surface area contributed by atoms with Gasteiger partial charge < -0.3 is 0 Å². The van der Waals surface area contributed by atoms with Crippen LogP contribution in [0.1, 0.15) is 4.88 Å². The fourth-order valence-corrected chi connectivity index (χ4v) is 2.27. The van der Waals surface area contributed by atoms with E-state index in [2.05, 4.69) is 19.7 Å². The summed E-state index contributed by atoms with van der Waals surface area (Å²) in [4.78, 5) is 17.4. The lowest BCUT2D eigenvalue weighted by atomic mass is 10.3. The Morgan fingerprint density at radius 3 is 3.11 bits per heavy atom. The van der Waals surface area contributed by atoms with Gasteiger partial charge >= 0.3 is 0 Å². The first-order chi connectivity index (χ1) is 8.75. The number of rotatable bonds is 3. The number of aromatic nitrogens is 6. The maximum absolute atomic E-state index is 12.1. The average Bonchev–Trinajstić information content (AvgIpc) is 2.99. The van der Waals surface area contributed by atoms with E-state index >= 15 is 0 Å². The van der Waals surface area contributed by atoms with Crippen LogP contribution in [0.4, 0.5) is 0 Å². The predicted octanol–water partition coefficient (Wildman–Crippen LogP) is 0.224. The molecule has 8 heteroatoms. The molecule has 0 aliphatic heterocycles. The number of hydrogen-bond donors (Lipinski definition) is 0. The molecule has 0 spiro atoms. The van der Waals surface area contributed by atoms with Gasteiger partial charge in [-0.1, -0.05) is 5.21 Å². The Morgan fingerprint density at radius 1 is 1.44 bits per heavy atom. The van der Waals surface area contributed by atoms with Crippen molar-refractivity contribution in [2.45, 2.75) is 13.0 Å². The van der Waals surface area contributed by atoms with Crippen molar-refractivity contribution in [3.63, 3.8) is 0 Å². The minimum atomic E-state index is -0.155. The van der Waals surface area contributed by atoms with Crippen molar-refractivity contribution in [3.05, 3.63) is 33.8 Å². The summed E-state index contributed by atoms with van der Waals surface area (Å²) in [7, 11) is 1.71. The molecule has 0 N–H and O–H groups in total. The number of fused-ring (bicyclic) bond motifs is 1. The molecule has 0 radical (unpaired) electrons. The van der Waals surface area contributed by atoms with Crippen molar-refractivity contribution in [3.8, 4) is 0 Å². The molecule has 0 saturated carbocycles. The zero-order valence-corrected chi connectivity index (χ0v) is 10.5. The van der Waals surface area contributed by atoms with Gasteiger partial charge in [0, 0.05) is 31.1 Å². The van der Waals surface area contributed by atoms with Crippen molar-refractivity contribution >= 4 is 22.7 Å². The van der Waals surface area contributed by atoms with Crippen LogP contribution in [-0.4, -0.2) is 28.9 Å². The molecule has 92 valence electrons. The van der Waals surface area contributed by atoms with Gasteiger partial charge in [-0.15, -0.1) is 5.10 Å². The molecular formula is C10H10N6OS.